The summed E-state index contributed by atoms with van der Waals surface area (Å²) in [6.45, 7) is 5.42. The number of nitrogens with one attached hydrogen (secondary N) is 1. The van der Waals surface area contributed by atoms with E-state index in [1.165, 1.54) is 5.56 Å². The van der Waals surface area contributed by atoms with Crippen molar-refractivity contribution in [3.05, 3.63) is 35.9 Å². The second kappa shape index (κ2) is 11.1. The average Bonchev–Trinajstić information content (AvgIpc) is 2.86. The van der Waals surface area contributed by atoms with Gasteiger partial charge in [-0.3, -0.25) is 9.59 Å². The van der Waals surface area contributed by atoms with Crippen molar-refractivity contribution in [1.29, 1.82) is 0 Å². The Balaban J connectivity index is 0.00000312. The third-order valence-electron chi connectivity index (χ3n) is 4.56. The third kappa shape index (κ3) is 6.67. The lowest BCUT2D eigenvalue weighted by Gasteiger charge is -2.24. The highest BCUT2D eigenvalue weighted by molar-refractivity contribution is 5.85. The Morgan fingerprint density at radius 2 is 1.72 bits per heavy atom. The highest BCUT2D eigenvalue weighted by Crippen LogP contribution is 2.10. The number of hydrogen-bond acceptors (Lipinski definition) is 3. The molecule has 1 aliphatic rings. The smallest absolute Gasteiger partial charge is 0.226 e. The molecule has 0 saturated carbocycles. The van der Waals surface area contributed by atoms with Crippen molar-refractivity contribution in [2.24, 2.45) is 5.92 Å². The quantitative estimate of drug-likeness (QED) is 0.836. The lowest BCUT2D eigenvalue weighted by molar-refractivity contribution is -0.135. The van der Waals surface area contributed by atoms with Crippen LogP contribution < -0.4 is 5.32 Å². The first-order chi connectivity index (χ1) is 11.6. The van der Waals surface area contributed by atoms with Gasteiger partial charge in [0, 0.05) is 45.1 Å². The molecule has 2 rings (SSSR count). The topological polar surface area (TPSA) is 52.7 Å². The minimum Gasteiger partial charge on any atom is -0.341 e. The molecule has 5 nitrogen and oxygen atoms in total. The van der Waals surface area contributed by atoms with Crippen molar-refractivity contribution < 1.29 is 9.59 Å². The van der Waals surface area contributed by atoms with E-state index in [4.69, 9.17) is 0 Å². The molecule has 0 aromatic heterocycles. The Hall–Kier alpha value is -1.59. The van der Waals surface area contributed by atoms with Crippen LogP contribution in [-0.4, -0.2) is 61.4 Å². The highest BCUT2D eigenvalue weighted by Gasteiger charge is 2.24. The van der Waals surface area contributed by atoms with Crippen LogP contribution in [0, 0.1) is 5.92 Å². The number of halogens is 1. The molecule has 1 N–H and O–H groups in total. The van der Waals surface area contributed by atoms with Crippen LogP contribution in [0.3, 0.4) is 0 Å². The number of carbonyl (C=O) groups is 2. The zero-order chi connectivity index (χ0) is 17.4. The molecule has 1 heterocycles. The Morgan fingerprint density at radius 1 is 1.08 bits per heavy atom. The Morgan fingerprint density at radius 3 is 2.40 bits per heavy atom. The van der Waals surface area contributed by atoms with Gasteiger partial charge in [0.15, 0.2) is 0 Å². The highest BCUT2D eigenvalue weighted by atomic mass is 35.5. The van der Waals surface area contributed by atoms with E-state index in [2.05, 4.69) is 17.4 Å². The lowest BCUT2D eigenvalue weighted by Crippen LogP contribution is -2.41. The summed E-state index contributed by atoms with van der Waals surface area (Å²) in [5, 5.41) is 3.05. The minimum absolute atomic E-state index is 0. The zero-order valence-corrected chi connectivity index (χ0v) is 16.1. The SMILES string of the molecule is CNCC(C)C(=O)N1CCCN(C(=O)CCc2ccccc2)CC1.Cl. The molecule has 1 saturated heterocycles. The molecule has 0 spiro atoms. The molecule has 2 amide bonds. The molecule has 1 atom stereocenters. The van der Waals surface area contributed by atoms with Crippen molar-refractivity contribution in [1.82, 2.24) is 15.1 Å². The molecule has 1 fully saturated rings. The van der Waals surface area contributed by atoms with Gasteiger partial charge in [0.1, 0.15) is 0 Å². The minimum atomic E-state index is -0.0182. The first kappa shape index (κ1) is 21.5. The van der Waals surface area contributed by atoms with Gasteiger partial charge in [0.2, 0.25) is 11.8 Å². The van der Waals surface area contributed by atoms with Crippen LogP contribution in [-0.2, 0) is 16.0 Å². The summed E-state index contributed by atoms with van der Waals surface area (Å²) in [7, 11) is 1.86. The van der Waals surface area contributed by atoms with Crippen LogP contribution in [0.25, 0.3) is 0 Å². The van der Waals surface area contributed by atoms with Crippen LogP contribution in [0.2, 0.25) is 0 Å². The van der Waals surface area contributed by atoms with E-state index in [0.717, 1.165) is 25.9 Å². The summed E-state index contributed by atoms with van der Waals surface area (Å²) in [6.07, 6.45) is 2.17. The second-order valence-corrected chi connectivity index (χ2v) is 6.50. The maximum Gasteiger partial charge on any atom is 0.226 e. The van der Waals surface area contributed by atoms with Gasteiger partial charge >= 0.3 is 0 Å². The molecular weight excluding hydrogens is 338 g/mol. The van der Waals surface area contributed by atoms with E-state index in [1.807, 2.05) is 42.0 Å². The third-order valence-corrected chi connectivity index (χ3v) is 4.56. The van der Waals surface area contributed by atoms with Gasteiger partial charge in [0.25, 0.3) is 0 Å². The normalized spacial score (nSPS) is 15.9. The van der Waals surface area contributed by atoms with Crippen LogP contribution in [0.1, 0.15) is 25.3 Å². The predicted octanol–water partition coefficient (Wildman–Crippen LogP) is 1.96. The average molecular weight is 368 g/mol. The van der Waals surface area contributed by atoms with Crippen molar-refractivity contribution in [3.63, 3.8) is 0 Å². The number of amides is 2. The van der Waals surface area contributed by atoms with E-state index in [0.29, 0.717) is 26.1 Å². The van der Waals surface area contributed by atoms with Gasteiger partial charge < -0.3 is 15.1 Å². The van der Waals surface area contributed by atoms with Crippen molar-refractivity contribution in [2.75, 3.05) is 39.8 Å². The predicted molar refractivity (Wildman–Crippen MR) is 103 cm³/mol. The number of carbonyl (C=O) groups excluding carboxylic acids is 2. The van der Waals surface area contributed by atoms with E-state index in [1.54, 1.807) is 0 Å². The number of hydrogen-bond donors (Lipinski definition) is 1. The van der Waals surface area contributed by atoms with Gasteiger partial charge in [-0.05, 0) is 25.5 Å². The summed E-state index contributed by atoms with van der Waals surface area (Å²) >= 11 is 0. The van der Waals surface area contributed by atoms with Crippen molar-refractivity contribution in [2.45, 2.75) is 26.2 Å². The van der Waals surface area contributed by atoms with Gasteiger partial charge in [-0.1, -0.05) is 37.3 Å². The molecule has 1 aromatic carbocycles. The fourth-order valence-corrected chi connectivity index (χ4v) is 3.15. The summed E-state index contributed by atoms with van der Waals surface area (Å²) in [6, 6.07) is 10.1. The molecule has 1 aliphatic heterocycles. The summed E-state index contributed by atoms with van der Waals surface area (Å²) in [5.74, 6) is 0.356. The molecule has 1 aromatic rings. The first-order valence-electron chi connectivity index (χ1n) is 8.87. The van der Waals surface area contributed by atoms with Crippen molar-refractivity contribution >= 4 is 24.2 Å². The van der Waals surface area contributed by atoms with Gasteiger partial charge in [-0.2, -0.15) is 0 Å². The van der Waals surface area contributed by atoms with Crippen LogP contribution >= 0.6 is 12.4 Å². The Bertz CT molecular complexity index is 539. The number of nitrogens with zero attached hydrogens (tertiary/aromatic N) is 2. The van der Waals surface area contributed by atoms with Crippen LogP contribution in [0.4, 0.5) is 0 Å². The van der Waals surface area contributed by atoms with Crippen LogP contribution in [0.5, 0.6) is 0 Å². The molecule has 6 heteroatoms. The summed E-state index contributed by atoms with van der Waals surface area (Å²) in [4.78, 5) is 28.7. The standard InChI is InChI=1S/C19H29N3O2.ClH/c1-16(15-20-2)19(24)22-12-6-11-21(13-14-22)18(23)10-9-17-7-4-3-5-8-17;/h3-5,7-8,16,20H,6,9-15H2,1-2H3;1H. The molecule has 0 radical (unpaired) electrons. The van der Waals surface area contributed by atoms with Crippen LogP contribution in [0.15, 0.2) is 30.3 Å². The fourth-order valence-electron chi connectivity index (χ4n) is 3.15. The zero-order valence-electron chi connectivity index (χ0n) is 15.2. The molecular formula is C19H30ClN3O2. The Kier molecular flexibility index (Phi) is 9.53. The fraction of sp³-hybridized carbons (Fsp3) is 0.579. The summed E-state index contributed by atoms with van der Waals surface area (Å²) in [5.41, 5.74) is 1.19. The Labute approximate surface area is 157 Å². The second-order valence-electron chi connectivity index (χ2n) is 6.50. The molecule has 1 unspecified atom stereocenters. The molecule has 0 bridgehead atoms. The summed E-state index contributed by atoms with van der Waals surface area (Å²) < 4.78 is 0. The lowest BCUT2D eigenvalue weighted by atomic mass is 10.1. The molecule has 0 aliphatic carbocycles. The first-order valence-corrected chi connectivity index (χ1v) is 8.87. The number of benzene rings is 1. The van der Waals surface area contributed by atoms with Crippen molar-refractivity contribution in [3.8, 4) is 0 Å². The molecule has 140 valence electrons. The van der Waals surface area contributed by atoms with E-state index in [9.17, 15) is 9.59 Å². The van der Waals surface area contributed by atoms with Gasteiger partial charge in [-0.15, -0.1) is 12.4 Å². The van der Waals surface area contributed by atoms with Gasteiger partial charge in [0.05, 0.1) is 0 Å². The van der Waals surface area contributed by atoms with E-state index >= 15 is 0 Å². The molecule has 25 heavy (non-hydrogen) atoms. The maximum atomic E-state index is 12.4. The van der Waals surface area contributed by atoms with E-state index < -0.39 is 0 Å². The number of aryl methyl sites for hydroxylation is 1. The number of rotatable bonds is 6. The largest absolute Gasteiger partial charge is 0.341 e. The van der Waals surface area contributed by atoms with Gasteiger partial charge in [-0.25, -0.2) is 0 Å². The van der Waals surface area contributed by atoms with E-state index in [-0.39, 0.29) is 30.1 Å². The maximum absolute atomic E-state index is 12.4. The monoisotopic (exact) mass is 367 g/mol.